The lowest BCUT2D eigenvalue weighted by atomic mass is 10.0. The summed E-state index contributed by atoms with van der Waals surface area (Å²) < 4.78 is 26.2. The first-order valence-corrected chi connectivity index (χ1v) is 8.19. The number of thioether (sulfide) groups is 1. The molecule has 2 saturated heterocycles. The fraction of sp³-hybridized carbons (Fsp3) is 0.533. The van der Waals surface area contributed by atoms with E-state index < -0.39 is 11.6 Å². The maximum Gasteiger partial charge on any atom is 0.254 e. The Morgan fingerprint density at radius 1 is 1.20 bits per heavy atom. The summed E-state index contributed by atoms with van der Waals surface area (Å²) in [5.41, 5.74) is 0.253. The van der Waals surface area contributed by atoms with Crippen molar-refractivity contribution >= 4 is 17.7 Å². The number of carbonyl (C=O) groups excluding carboxylic acids is 1. The van der Waals surface area contributed by atoms with Crippen LogP contribution in [-0.4, -0.2) is 34.4 Å². The molecule has 2 atom stereocenters. The van der Waals surface area contributed by atoms with E-state index in [9.17, 15) is 13.6 Å². The molecule has 2 aliphatic rings. The van der Waals surface area contributed by atoms with Gasteiger partial charge in [0.2, 0.25) is 0 Å². The van der Waals surface area contributed by atoms with Gasteiger partial charge in [-0.25, -0.2) is 8.78 Å². The van der Waals surface area contributed by atoms with E-state index >= 15 is 0 Å². The van der Waals surface area contributed by atoms with E-state index in [2.05, 4.69) is 6.26 Å². The van der Waals surface area contributed by atoms with E-state index in [-0.39, 0.29) is 23.6 Å². The second kappa shape index (κ2) is 5.35. The summed E-state index contributed by atoms with van der Waals surface area (Å²) in [6.07, 6.45) is 6.17. The van der Waals surface area contributed by atoms with Crippen LogP contribution in [0.5, 0.6) is 0 Å². The largest absolute Gasteiger partial charge is 0.333 e. The van der Waals surface area contributed by atoms with Crippen molar-refractivity contribution in [1.29, 1.82) is 0 Å². The van der Waals surface area contributed by atoms with Crippen LogP contribution in [0.2, 0.25) is 0 Å². The molecule has 3 rings (SSSR count). The van der Waals surface area contributed by atoms with Crippen LogP contribution < -0.4 is 0 Å². The van der Waals surface area contributed by atoms with Crippen molar-refractivity contribution in [1.82, 2.24) is 4.90 Å². The Morgan fingerprint density at radius 3 is 2.40 bits per heavy atom. The van der Waals surface area contributed by atoms with Crippen molar-refractivity contribution in [2.45, 2.75) is 43.0 Å². The SMILES string of the molecule is CSC1CC2CCC(C1)N2C(=O)c1ccc(F)c(F)c1. The predicted octanol–water partition coefficient (Wildman–Crippen LogP) is 3.46. The van der Waals surface area contributed by atoms with Crippen LogP contribution in [0.4, 0.5) is 8.78 Å². The molecule has 5 heteroatoms. The molecule has 2 bridgehead atoms. The average molecular weight is 297 g/mol. The minimum absolute atomic E-state index is 0.157. The molecule has 0 N–H and O–H groups in total. The molecule has 0 radical (unpaired) electrons. The van der Waals surface area contributed by atoms with Gasteiger partial charge in [0, 0.05) is 22.9 Å². The lowest BCUT2D eigenvalue weighted by Crippen LogP contribution is -2.47. The van der Waals surface area contributed by atoms with E-state index in [1.807, 2.05) is 16.7 Å². The zero-order valence-corrected chi connectivity index (χ0v) is 12.1. The van der Waals surface area contributed by atoms with E-state index in [4.69, 9.17) is 0 Å². The van der Waals surface area contributed by atoms with Gasteiger partial charge in [0.1, 0.15) is 0 Å². The van der Waals surface area contributed by atoms with Crippen LogP contribution in [0.3, 0.4) is 0 Å². The van der Waals surface area contributed by atoms with Crippen LogP contribution in [0.1, 0.15) is 36.0 Å². The van der Waals surface area contributed by atoms with Gasteiger partial charge < -0.3 is 4.90 Å². The highest BCUT2D eigenvalue weighted by Gasteiger charge is 2.43. The smallest absolute Gasteiger partial charge is 0.254 e. The molecular formula is C15H17F2NOS. The summed E-state index contributed by atoms with van der Waals surface area (Å²) >= 11 is 1.86. The molecule has 2 unspecified atom stereocenters. The predicted molar refractivity (Wildman–Crippen MR) is 75.9 cm³/mol. The molecule has 1 aromatic carbocycles. The molecule has 0 aliphatic carbocycles. The van der Waals surface area contributed by atoms with Crippen LogP contribution in [0.25, 0.3) is 0 Å². The Morgan fingerprint density at radius 2 is 1.85 bits per heavy atom. The van der Waals surface area contributed by atoms with Gasteiger partial charge in [-0.15, -0.1) is 0 Å². The third kappa shape index (κ3) is 2.32. The molecule has 2 nitrogen and oxygen atoms in total. The number of benzene rings is 1. The number of halogens is 2. The zero-order chi connectivity index (χ0) is 14.3. The number of piperidine rings is 1. The van der Waals surface area contributed by atoms with Gasteiger partial charge in [-0.3, -0.25) is 4.79 Å². The summed E-state index contributed by atoms with van der Waals surface area (Å²) in [7, 11) is 0. The van der Waals surface area contributed by atoms with Crippen molar-refractivity contribution in [3.8, 4) is 0 Å². The third-order valence-electron chi connectivity index (χ3n) is 4.42. The lowest BCUT2D eigenvalue weighted by Gasteiger charge is -2.38. The highest BCUT2D eigenvalue weighted by atomic mass is 32.2. The standard InChI is InChI=1S/C15H17F2NOS/c1-20-12-7-10-3-4-11(8-12)18(10)15(19)9-2-5-13(16)14(17)6-9/h2,5-6,10-12H,3-4,7-8H2,1H3. The molecule has 108 valence electrons. The molecule has 1 aromatic rings. The van der Waals surface area contributed by atoms with E-state index in [0.717, 1.165) is 37.8 Å². The Hall–Kier alpha value is -1.10. The van der Waals surface area contributed by atoms with Crippen molar-refractivity contribution in [3.05, 3.63) is 35.4 Å². The lowest BCUT2D eigenvalue weighted by molar-refractivity contribution is 0.0601. The summed E-state index contributed by atoms with van der Waals surface area (Å²) in [4.78, 5) is 14.5. The quantitative estimate of drug-likeness (QED) is 0.833. The summed E-state index contributed by atoms with van der Waals surface area (Å²) in [5.74, 6) is -2.02. The molecular weight excluding hydrogens is 280 g/mol. The Labute approximate surface area is 121 Å². The van der Waals surface area contributed by atoms with Gasteiger partial charge in [0.25, 0.3) is 5.91 Å². The first-order chi connectivity index (χ1) is 9.60. The highest BCUT2D eigenvalue weighted by molar-refractivity contribution is 7.99. The number of carbonyl (C=O) groups is 1. The third-order valence-corrected chi connectivity index (χ3v) is 5.48. The molecule has 0 aromatic heterocycles. The normalized spacial score (nSPS) is 28.8. The van der Waals surface area contributed by atoms with Crippen LogP contribution >= 0.6 is 11.8 Å². The van der Waals surface area contributed by atoms with Gasteiger partial charge in [0.15, 0.2) is 11.6 Å². The van der Waals surface area contributed by atoms with Gasteiger partial charge in [0.05, 0.1) is 0 Å². The van der Waals surface area contributed by atoms with E-state index in [1.165, 1.54) is 6.07 Å². The molecule has 0 spiro atoms. The number of amides is 1. The maximum atomic E-state index is 13.3. The number of fused-ring (bicyclic) bond motifs is 2. The minimum Gasteiger partial charge on any atom is -0.333 e. The van der Waals surface area contributed by atoms with Gasteiger partial charge in [-0.2, -0.15) is 11.8 Å². The van der Waals surface area contributed by atoms with Gasteiger partial charge >= 0.3 is 0 Å². The summed E-state index contributed by atoms with van der Waals surface area (Å²) in [6.45, 7) is 0. The Bertz CT molecular complexity index is 523. The average Bonchev–Trinajstić information content (AvgIpc) is 2.71. The fourth-order valence-electron chi connectivity index (χ4n) is 3.43. The molecule has 0 saturated carbocycles. The molecule has 2 aliphatic heterocycles. The second-order valence-corrected chi connectivity index (χ2v) is 6.69. The van der Waals surface area contributed by atoms with Crippen molar-refractivity contribution in [2.75, 3.05) is 6.26 Å². The summed E-state index contributed by atoms with van der Waals surface area (Å²) in [5, 5.41) is 0.613. The first kappa shape index (κ1) is 13.9. The summed E-state index contributed by atoms with van der Waals surface area (Å²) in [6, 6.07) is 3.93. The second-order valence-electron chi connectivity index (χ2n) is 5.56. The number of nitrogens with zero attached hydrogens (tertiary/aromatic N) is 1. The highest BCUT2D eigenvalue weighted by Crippen LogP contribution is 2.40. The van der Waals surface area contributed by atoms with Gasteiger partial charge in [-0.1, -0.05) is 0 Å². The van der Waals surface area contributed by atoms with Crippen LogP contribution in [0, 0.1) is 11.6 Å². The van der Waals surface area contributed by atoms with E-state index in [0.29, 0.717) is 5.25 Å². The molecule has 20 heavy (non-hydrogen) atoms. The molecule has 2 fully saturated rings. The minimum atomic E-state index is -0.956. The topological polar surface area (TPSA) is 20.3 Å². The van der Waals surface area contributed by atoms with Crippen LogP contribution in [-0.2, 0) is 0 Å². The number of rotatable bonds is 2. The first-order valence-electron chi connectivity index (χ1n) is 6.90. The van der Waals surface area contributed by atoms with Crippen molar-refractivity contribution < 1.29 is 13.6 Å². The zero-order valence-electron chi connectivity index (χ0n) is 11.3. The Kier molecular flexibility index (Phi) is 3.71. The maximum absolute atomic E-state index is 13.3. The monoisotopic (exact) mass is 297 g/mol. The Balaban J connectivity index is 1.83. The van der Waals surface area contributed by atoms with Crippen molar-refractivity contribution in [2.24, 2.45) is 0 Å². The van der Waals surface area contributed by atoms with Gasteiger partial charge in [-0.05, 0) is 50.1 Å². The molecule has 2 heterocycles. The molecule has 1 amide bonds. The van der Waals surface area contributed by atoms with Crippen molar-refractivity contribution in [3.63, 3.8) is 0 Å². The number of hydrogen-bond acceptors (Lipinski definition) is 2. The van der Waals surface area contributed by atoms with Crippen LogP contribution in [0.15, 0.2) is 18.2 Å². The number of hydrogen-bond donors (Lipinski definition) is 0. The van der Waals surface area contributed by atoms with E-state index in [1.54, 1.807) is 0 Å². The fourth-order valence-corrected chi connectivity index (χ4v) is 4.26.